The van der Waals surface area contributed by atoms with Gasteiger partial charge in [0.05, 0.1) is 17.8 Å². The van der Waals surface area contributed by atoms with Crippen molar-refractivity contribution >= 4 is 0 Å². The van der Waals surface area contributed by atoms with Crippen LogP contribution in [0.1, 0.15) is 36.9 Å². The Morgan fingerprint density at radius 3 is 2.93 bits per heavy atom. The van der Waals surface area contributed by atoms with E-state index in [4.69, 9.17) is 10.5 Å². The fourth-order valence-electron chi connectivity index (χ4n) is 2.79. The molecule has 0 atom stereocenters. The van der Waals surface area contributed by atoms with Crippen molar-refractivity contribution in [2.75, 3.05) is 6.61 Å². The summed E-state index contributed by atoms with van der Waals surface area (Å²) in [5, 5.41) is 0. The fraction of sp³-hybridized carbons (Fsp3) is 0.583. The molecule has 0 saturated heterocycles. The molecule has 80 valence electrons. The van der Waals surface area contributed by atoms with Gasteiger partial charge in [-0.2, -0.15) is 0 Å². The predicted molar refractivity (Wildman–Crippen MR) is 57.8 cm³/mol. The zero-order chi connectivity index (χ0) is 10.3. The molecule has 0 bridgehead atoms. The number of rotatable bonds is 1. The lowest BCUT2D eigenvalue weighted by Gasteiger charge is -2.24. The van der Waals surface area contributed by atoms with Gasteiger partial charge in [-0.1, -0.05) is 12.8 Å². The fourth-order valence-corrected chi connectivity index (χ4v) is 2.79. The molecule has 0 unspecified atom stereocenters. The number of pyridine rings is 1. The molecule has 0 spiro atoms. The summed E-state index contributed by atoms with van der Waals surface area (Å²) >= 11 is 0. The minimum Gasteiger partial charge on any atom is -0.493 e. The first kappa shape index (κ1) is 9.16. The quantitative estimate of drug-likeness (QED) is 0.758. The van der Waals surface area contributed by atoms with Crippen molar-refractivity contribution in [3.63, 3.8) is 0 Å². The van der Waals surface area contributed by atoms with Crippen molar-refractivity contribution in [3.8, 4) is 5.75 Å². The molecule has 2 aliphatic rings. The van der Waals surface area contributed by atoms with E-state index in [2.05, 4.69) is 4.98 Å². The molecular formula is C12H16N2O. The van der Waals surface area contributed by atoms with E-state index in [1.807, 2.05) is 12.3 Å². The van der Waals surface area contributed by atoms with Crippen LogP contribution in [0.15, 0.2) is 12.3 Å². The van der Waals surface area contributed by atoms with Gasteiger partial charge in [0.25, 0.3) is 0 Å². The van der Waals surface area contributed by atoms with Crippen molar-refractivity contribution in [2.24, 2.45) is 5.73 Å². The van der Waals surface area contributed by atoms with Gasteiger partial charge in [-0.25, -0.2) is 0 Å². The van der Waals surface area contributed by atoms with E-state index < -0.39 is 0 Å². The van der Waals surface area contributed by atoms with Gasteiger partial charge in [-0.3, -0.25) is 4.98 Å². The van der Waals surface area contributed by atoms with Crippen LogP contribution in [0.5, 0.6) is 5.75 Å². The van der Waals surface area contributed by atoms with Crippen molar-refractivity contribution in [1.82, 2.24) is 4.98 Å². The standard InChI is InChI=1S/C12H16N2O/c13-12(5-1-2-6-12)11-9-4-8-15-10(9)3-7-14-11/h3,7H,1-2,4-6,8,13H2. The summed E-state index contributed by atoms with van der Waals surface area (Å²) in [5.41, 5.74) is 8.60. The Kier molecular flexibility index (Phi) is 1.96. The molecule has 0 aromatic carbocycles. The predicted octanol–water partition coefficient (Wildman–Crippen LogP) is 1.74. The average molecular weight is 204 g/mol. The van der Waals surface area contributed by atoms with Crippen LogP contribution in [0.4, 0.5) is 0 Å². The highest BCUT2D eigenvalue weighted by Gasteiger charge is 2.36. The van der Waals surface area contributed by atoms with Crippen LogP contribution >= 0.6 is 0 Å². The number of fused-ring (bicyclic) bond motifs is 1. The summed E-state index contributed by atoms with van der Waals surface area (Å²) in [6, 6.07) is 1.95. The number of nitrogens with two attached hydrogens (primary N) is 1. The Morgan fingerprint density at radius 2 is 2.13 bits per heavy atom. The third-order valence-electron chi connectivity index (χ3n) is 3.59. The monoisotopic (exact) mass is 204 g/mol. The van der Waals surface area contributed by atoms with Crippen molar-refractivity contribution < 1.29 is 4.74 Å². The first-order valence-electron chi connectivity index (χ1n) is 5.70. The smallest absolute Gasteiger partial charge is 0.126 e. The first-order chi connectivity index (χ1) is 7.30. The van der Waals surface area contributed by atoms with Gasteiger partial charge < -0.3 is 10.5 Å². The molecule has 0 amide bonds. The Labute approximate surface area is 89.6 Å². The van der Waals surface area contributed by atoms with E-state index in [-0.39, 0.29) is 5.54 Å². The molecule has 2 heterocycles. The van der Waals surface area contributed by atoms with Crippen LogP contribution in [0.2, 0.25) is 0 Å². The highest BCUT2D eigenvalue weighted by molar-refractivity contribution is 5.42. The molecule has 1 aliphatic heterocycles. The summed E-state index contributed by atoms with van der Waals surface area (Å²) in [6.45, 7) is 0.782. The first-order valence-corrected chi connectivity index (χ1v) is 5.70. The maximum absolute atomic E-state index is 6.44. The summed E-state index contributed by atoms with van der Waals surface area (Å²) in [4.78, 5) is 4.50. The summed E-state index contributed by atoms with van der Waals surface area (Å²) in [6.07, 6.45) is 7.38. The molecule has 3 rings (SSSR count). The van der Waals surface area contributed by atoms with Crippen molar-refractivity contribution in [2.45, 2.75) is 37.6 Å². The maximum Gasteiger partial charge on any atom is 0.126 e. The Morgan fingerprint density at radius 1 is 1.33 bits per heavy atom. The molecule has 3 nitrogen and oxygen atoms in total. The molecule has 2 N–H and O–H groups in total. The molecular weight excluding hydrogens is 188 g/mol. The van der Waals surface area contributed by atoms with Crippen LogP contribution in [0, 0.1) is 0 Å². The number of ether oxygens (including phenoxy) is 1. The van der Waals surface area contributed by atoms with Crippen molar-refractivity contribution in [3.05, 3.63) is 23.5 Å². The van der Waals surface area contributed by atoms with Gasteiger partial charge in [0.2, 0.25) is 0 Å². The van der Waals surface area contributed by atoms with Crippen LogP contribution in [-0.4, -0.2) is 11.6 Å². The van der Waals surface area contributed by atoms with E-state index in [0.717, 1.165) is 37.3 Å². The zero-order valence-corrected chi connectivity index (χ0v) is 8.83. The van der Waals surface area contributed by atoms with Crippen LogP contribution in [0.3, 0.4) is 0 Å². The molecule has 1 fully saturated rings. The second kappa shape index (κ2) is 3.20. The number of aromatic nitrogens is 1. The zero-order valence-electron chi connectivity index (χ0n) is 8.83. The highest BCUT2D eigenvalue weighted by Crippen LogP contribution is 2.40. The van der Waals surface area contributed by atoms with E-state index in [9.17, 15) is 0 Å². The van der Waals surface area contributed by atoms with E-state index >= 15 is 0 Å². The highest BCUT2D eigenvalue weighted by atomic mass is 16.5. The molecule has 1 aromatic rings. The second-order valence-electron chi connectivity index (χ2n) is 4.60. The average Bonchev–Trinajstić information content (AvgIpc) is 2.85. The lowest BCUT2D eigenvalue weighted by atomic mass is 9.90. The van der Waals surface area contributed by atoms with E-state index in [1.165, 1.54) is 18.4 Å². The molecule has 3 heteroatoms. The summed E-state index contributed by atoms with van der Waals surface area (Å²) in [7, 11) is 0. The maximum atomic E-state index is 6.44. The Balaban J connectivity index is 2.08. The van der Waals surface area contributed by atoms with Gasteiger partial charge in [0, 0.05) is 18.2 Å². The lowest BCUT2D eigenvalue weighted by Crippen LogP contribution is -2.35. The molecule has 1 saturated carbocycles. The molecule has 15 heavy (non-hydrogen) atoms. The minimum atomic E-state index is -0.182. The SMILES string of the molecule is NC1(c2nccc3c2CCO3)CCCC1. The molecule has 1 aliphatic carbocycles. The number of nitrogens with zero attached hydrogens (tertiary/aromatic N) is 1. The van der Waals surface area contributed by atoms with Gasteiger partial charge in [-0.05, 0) is 18.9 Å². The summed E-state index contributed by atoms with van der Waals surface area (Å²) < 4.78 is 5.55. The van der Waals surface area contributed by atoms with Crippen LogP contribution in [0.25, 0.3) is 0 Å². The van der Waals surface area contributed by atoms with Crippen LogP contribution in [-0.2, 0) is 12.0 Å². The normalized spacial score (nSPS) is 22.5. The van der Waals surface area contributed by atoms with E-state index in [0.29, 0.717) is 0 Å². The largest absolute Gasteiger partial charge is 0.493 e. The van der Waals surface area contributed by atoms with E-state index in [1.54, 1.807) is 0 Å². The third-order valence-corrected chi connectivity index (χ3v) is 3.59. The van der Waals surface area contributed by atoms with Gasteiger partial charge in [-0.15, -0.1) is 0 Å². The second-order valence-corrected chi connectivity index (χ2v) is 4.60. The number of hydrogen-bond donors (Lipinski definition) is 1. The van der Waals surface area contributed by atoms with Crippen LogP contribution < -0.4 is 10.5 Å². The molecule has 0 radical (unpaired) electrons. The number of hydrogen-bond acceptors (Lipinski definition) is 3. The van der Waals surface area contributed by atoms with Gasteiger partial charge in [0.1, 0.15) is 5.75 Å². The Hall–Kier alpha value is -1.09. The topological polar surface area (TPSA) is 48.1 Å². The van der Waals surface area contributed by atoms with Gasteiger partial charge >= 0.3 is 0 Å². The third kappa shape index (κ3) is 1.34. The van der Waals surface area contributed by atoms with Crippen molar-refractivity contribution in [1.29, 1.82) is 0 Å². The summed E-state index contributed by atoms with van der Waals surface area (Å²) in [5.74, 6) is 0.997. The molecule has 1 aromatic heterocycles. The Bertz CT molecular complexity index is 383. The van der Waals surface area contributed by atoms with Gasteiger partial charge in [0.15, 0.2) is 0 Å². The lowest BCUT2D eigenvalue weighted by molar-refractivity contribution is 0.356. The minimum absolute atomic E-state index is 0.182.